The summed E-state index contributed by atoms with van der Waals surface area (Å²) in [6.45, 7) is 0. The molecule has 0 aromatic heterocycles. The van der Waals surface area contributed by atoms with E-state index in [-0.39, 0.29) is 0 Å². The van der Waals surface area contributed by atoms with Crippen LogP contribution in [0.15, 0.2) is 0 Å². The van der Waals surface area contributed by atoms with Crippen molar-refractivity contribution in [2.75, 3.05) is 7.05 Å². The number of hydrogen-bond donors (Lipinski definition) is 4. The van der Waals surface area contributed by atoms with Crippen LogP contribution in [0.3, 0.4) is 0 Å². The van der Waals surface area contributed by atoms with Gasteiger partial charge in [0.05, 0.1) is 0 Å². The maximum Gasteiger partial charge on any atom is 0.451 e. The summed E-state index contributed by atoms with van der Waals surface area (Å²) in [6, 6.07) is 0.964. The Bertz CT molecular complexity index is 175. The first kappa shape index (κ1) is 13.0. The summed E-state index contributed by atoms with van der Waals surface area (Å²) in [6.07, 6.45) is 5.80. The van der Waals surface area contributed by atoms with Crippen LogP contribution in [-0.2, 0) is 0 Å². The van der Waals surface area contributed by atoms with Crippen molar-refractivity contribution in [3.63, 3.8) is 0 Å². The largest absolute Gasteiger partial charge is 0.451 e. The molecule has 0 aromatic rings. The molecule has 1 atom stereocenters. The average molecular weight is 214 g/mol. The van der Waals surface area contributed by atoms with Gasteiger partial charge < -0.3 is 21.1 Å². The van der Waals surface area contributed by atoms with E-state index in [2.05, 4.69) is 5.32 Å². The van der Waals surface area contributed by atoms with Crippen LogP contribution in [0.5, 0.6) is 0 Å². The second kappa shape index (κ2) is 6.48. The van der Waals surface area contributed by atoms with Crippen molar-refractivity contribution in [3.05, 3.63) is 0 Å². The maximum atomic E-state index is 8.70. The van der Waals surface area contributed by atoms with Gasteiger partial charge in [0, 0.05) is 12.1 Å². The lowest BCUT2D eigenvalue weighted by molar-refractivity contribution is 0.193. The average Bonchev–Trinajstić information content (AvgIpc) is 2.14. The Morgan fingerprint density at radius 3 is 2.53 bits per heavy atom. The van der Waals surface area contributed by atoms with Crippen LogP contribution in [0, 0.1) is 5.92 Å². The van der Waals surface area contributed by atoms with E-state index in [9.17, 15) is 0 Å². The summed E-state index contributed by atoms with van der Waals surface area (Å²) >= 11 is 0. The molecular formula is C10H23BN2O2. The highest BCUT2D eigenvalue weighted by Crippen LogP contribution is 2.30. The molecule has 1 fully saturated rings. The van der Waals surface area contributed by atoms with Crippen molar-refractivity contribution in [1.29, 1.82) is 0 Å². The molecule has 0 bridgehead atoms. The highest BCUT2D eigenvalue weighted by molar-refractivity contribution is 6.40. The van der Waals surface area contributed by atoms with Gasteiger partial charge in [-0.25, -0.2) is 0 Å². The van der Waals surface area contributed by atoms with E-state index >= 15 is 0 Å². The molecule has 0 aliphatic heterocycles. The van der Waals surface area contributed by atoms with Crippen LogP contribution in [0.1, 0.15) is 32.1 Å². The van der Waals surface area contributed by atoms with Gasteiger partial charge in [0.2, 0.25) is 0 Å². The number of hydrogen-bond acceptors (Lipinski definition) is 4. The minimum absolute atomic E-state index is 0.408. The Hall–Kier alpha value is -0.0951. The predicted octanol–water partition coefficient (Wildman–Crippen LogP) is -0.0452. The van der Waals surface area contributed by atoms with Crippen molar-refractivity contribution >= 4 is 7.12 Å². The molecule has 1 saturated carbocycles. The van der Waals surface area contributed by atoms with Gasteiger partial charge in [-0.3, -0.25) is 0 Å². The Balaban J connectivity index is 2.06. The van der Waals surface area contributed by atoms with Gasteiger partial charge in [0.25, 0.3) is 0 Å². The molecule has 1 unspecified atom stereocenters. The van der Waals surface area contributed by atoms with Crippen LogP contribution in [0.25, 0.3) is 0 Å². The fourth-order valence-electron chi connectivity index (χ4n) is 2.34. The van der Waals surface area contributed by atoms with Gasteiger partial charge >= 0.3 is 7.12 Å². The molecule has 0 saturated heterocycles. The molecule has 1 aliphatic rings. The molecule has 0 heterocycles. The molecule has 4 nitrogen and oxygen atoms in total. The molecule has 0 aromatic carbocycles. The highest BCUT2D eigenvalue weighted by Gasteiger charge is 2.31. The van der Waals surface area contributed by atoms with Gasteiger partial charge in [-0.05, 0) is 38.5 Å². The molecule has 88 valence electrons. The summed E-state index contributed by atoms with van der Waals surface area (Å²) in [5, 5.41) is 20.7. The molecular weight excluding hydrogens is 191 g/mol. The van der Waals surface area contributed by atoms with Crippen LogP contribution in [-0.4, -0.2) is 36.3 Å². The Labute approximate surface area is 92.4 Å². The van der Waals surface area contributed by atoms with E-state index in [1.165, 1.54) is 0 Å². The van der Waals surface area contributed by atoms with E-state index < -0.39 is 7.12 Å². The van der Waals surface area contributed by atoms with Crippen molar-refractivity contribution in [2.45, 2.75) is 50.5 Å². The predicted molar refractivity (Wildman–Crippen MR) is 62.4 cm³/mol. The van der Waals surface area contributed by atoms with Crippen molar-refractivity contribution in [3.8, 4) is 0 Å². The zero-order valence-corrected chi connectivity index (χ0v) is 9.52. The molecule has 1 aliphatic carbocycles. The zero-order valence-electron chi connectivity index (χ0n) is 9.52. The zero-order chi connectivity index (χ0) is 11.3. The lowest BCUT2D eigenvalue weighted by Crippen LogP contribution is -2.46. The van der Waals surface area contributed by atoms with Crippen LogP contribution in [0.4, 0.5) is 0 Å². The lowest BCUT2D eigenvalue weighted by atomic mass is 9.74. The quantitative estimate of drug-likeness (QED) is 0.354. The summed E-state index contributed by atoms with van der Waals surface area (Å²) < 4.78 is 0. The Morgan fingerprint density at radius 1 is 1.40 bits per heavy atom. The SMILES string of the molecule is CNC(CCCCB(O)O)C1CC(N)C1. The first-order valence-corrected chi connectivity index (χ1v) is 5.92. The molecule has 5 N–H and O–H groups in total. The number of nitrogens with two attached hydrogens (primary N) is 1. The smallest absolute Gasteiger partial charge is 0.427 e. The minimum atomic E-state index is -1.14. The maximum absolute atomic E-state index is 8.70. The third kappa shape index (κ3) is 4.51. The summed E-state index contributed by atoms with van der Waals surface area (Å²) in [7, 11) is 0.852. The second-order valence-electron chi connectivity index (χ2n) is 4.65. The van der Waals surface area contributed by atoms with Gasteiger partial charge in [-0.1, -0.05) is 12.8 Å². The van der Waals surface area contributed by atoms with Crippen LogP contribution in [0.2, 0.25) is 6.32 Å². The Kier molecular flexibility index (Phi) is 5.60. The fraction of sp³-hybridized carbons (Fsp3) is 1.00. The van der Waals surface area contributed by atoms with Crippen molar-refractivity contribution in [1.82, 2.24) is 5.32 Å². The first-order chi connectivity index (χ1) is 7.13. The minimum Gasteiger partial charge on any atom is -0.427 e. The van der Waals surface area contributed by atoms with Crippen LogP contribution < -0.4 is 11.1 Å². The summed E-state index contributed by atoms with van der Waals surface area (Å²) in [5.74, 6) is 0.726. The standard InChI is InChI=1S/C10H23BN2O2/c1-13-10(8-6-9(12)7-8)4-2-3-5-11(14)15/h8-10,13-15H,2-7,12H2,1H3. The first-order valence-electron chi connectivity index (χ1n) is 5.92. The van der Waals surface area contributed by atoms with Gasteiger partial charge in [0.1, 0.15) is 0 Å². The van der Waals surface area contributed by atoms with Crippen molar-refractivity contribution in [2.24, 2.45) is 11.7 Å². The van der Waals surface area contributed by atoms with Gasteiger partial charge in [0.15, 0.2) is 0 Å². The van der Waals surface area contributed by atoms with E-state index in [4.69, 9.17) is 15.8 Å². The lowest BCUT2D eigenvalue weighted by Gasteiger charge is -2.38. The third-order valence-corrected chi connectivity index (χ3v) is 3.38. The molecule has 15 heavy (non-hydrogen) atoms. The Morgan fingerprint density at radius 2 is 2.07 bits per heavy atom. The van der Waals surface area contributed by atoms with E-state index in [1.807, 2.05) is 7.05 Å². The van der Waals surface area contributed by atoms with Crippen LogP contribution >= 0.6 is 0 Å². The molecule has 5 heteroatoms. The molecule has 0 amide bonds. The van der Waals surface area contributed by atoms with E-state index in [1.54, 1.807) is 0 Å². The number of unbranched alkanes of at least 4 members (excludes halogenated alkanes) is 1. The van der Waals surface area contributed by atoms with E-state index in [0.29, 0.717) is 18.4 Å². The molecule has 1 rings (SSSR count). The summed E-state index contributed by atoms with van der Waals surface area (Å²) in [5.41, 5.74) is 5.76. The molecule has 0 spiro atoms. The van der Waals surface area contributed by atoms with E-state index in [0.717, 1.165) is 38.0 Å². The topological polar surface area (TPSA) is 78.5 Å². The third-order valence-electron chi connectivity index (χ3n) is 3.38. The number of rotatable bonds is 7. The normalized spacial score (nSPS) is 27.2. The monoisotopic (exact) mass is 214 g/mol. The second-order valence-corrected chi connectivity index (χ2v) is 4.65. The molecule has 0 radical (unpaired) electrons. The van der Waals surface area contributed by atoms with Crippen molar-refractivity contribution < 1.29 is 10.0 Å². The van der Waals surface area contributed by atoms with Gasteiger partial charge in [-0.15, -0.1) is 0 Å². The van der Waals surface area contributed by atoms with Gasteiger partial charge in [-0.2, -0.15) is 0 Å². The number of nitrogens with one attached hydrogen (secondary N) is 1. The fourth-order valence-corrected chi connectivity index (χ4v) is 2.34. The highest BCUT2D eigenvalue weighted by atomic mass is 16.4. The summed E-state index contributed by atoms with van der Waals surface area (Å²) in [4.78, 5) is 0.